The molecule has 0 saturated heterocycles. The summed E-state index contributed by atoms with van der Waals surface area (Å²) >= 11 is 0. The number of rotatable bonds is 14. The first-order valence-electron chi connectivity index (χ1n) is 9.24. The maximum Gasteiger partial charge on any atom is -0.0417 e. The topological polar surface area (TPSA) is 0 Å². The monoisotopic (exact) mass is 268 g/mol. The second kappa shape index (κ2) is 14.4. The molecule has 0 heterocycles. The third-order valence-electron chi connectivity index (χ3n) is 4.65. The Morgan fingerprint density at radius 1 is 0.579 bits per heavy atom. The fraction of sp³-hybridized carbons (Fsp3) is 1.00. The molecule has 0 radical (unpaired) electrons. The Morgan fingerprint density at radius 2 is 1.11 bits per heavy atom. The molecule has 0 N–H and O–H groups in total. The molecule has 19 heavy (non-hydrogen) atoms. The zero-order chi connectivity index (χ0) is 14.3. The molecule has 0 aliphatic rings. The molecule has 0 fully saturated rings. The zero-order valence-corrected chi connectivity index (χ0v) is 14.3. The van der Waals surface area contributed by atoms with Crippen LogP contribution in [0.2, 0.25) is 0 Å². The van der Waals surface area contributed by atoms with Crippen molar-refractivity contribution in [3.63, 3.8) is 0 Å². The molecule has 2 unspecified atom stereocenters. The first-order valence-corrected chi connectivity index (χ1v) is 9.24. The molecule has 0 aliphatic carbocycles. The number of unbranched alkanes of at least 4 members (excludes halogenated alkanes) is 5. The van der Waals surface area contributed by atoms with Gasteiger partial charge in [-0.15, -0.1) is 0 Å². The van der Waals surface area contributed by atoms with Crippen LogP contribution in [0.3, 0.4) is 0 Å². The molecule has 0 aromatic heterocycles. The highest BCUT2D eigenvalue weighted by atomic mass is 14.1. The molecule has 0 aromatic rings. The van der Waals surface area contributed by atoms with Gasteiger partial charge in [0.05, 0.1) is 0 Å². The summed E-state index contributed by atoms with van der Waals surface area (Å²) in [6, 6.07) is 0. The van der Waals surface area contributed by atoms with E-state index >= 15 is 0 Å². The summed E-state index contributed by atoms with van der Waals surface area (Å²) in [6.45, 7) is 9.44. The normalized spacial score (nSPS) is 14.5. The Morgan fingerprint density at radius 3 is 1.74 bits per heavy atom. The Kier molecular flexibility index (Phi) is 14.4. The molecule has 0 aliphatic heterocycles. The summed E-state index contributed by atoms with van der Waals surface area (Å²) in [5.74, 6) is 1.98. The lowest BCUT2D eigenvalue weighted by molar-refractivity contribution is 0.368. The van der Waals surface area contributed by atoms with Gasteiger partial charge in [0, 0.05) is 0 Å². The number of hydrogen-bond donors (Lipinski definition) is 0. The highest BCUT2D eigenvalue weighted by molar-refractivity contribution is 4.61. The van der Waals surface area contributed by atoms with Crippen molar-refractivity contribution in [1.82, 2.24) is 0 Å². The quantitative estimate of drug-likeness (QED) is 0.288. The van der Waals surface area contributed by atoms with Gasteiger partial charge in [-0.3, -0.25) is 0 Å². The van der Waals surface area contributed by atoms with Gasteiger partial charge in [-0.05, 0) is 11.8 Å². The van der Waals surface area contributed by atoms with Crippen LogP contribution < -0.4 is 0 Å². The van der Waals surface area contributed by atoms with Crippen molar-refractivity contribution >= 4 is 0 Å². The minimum atomic E-state index is 0.962. The summed E-state index contributed by atoms with van der Waals surface area (Å²) in [6.07, 6.45) is 18.7. The highest BCUT2D eigenvalue weighted by Crippen LogP contribution is 2.23. The van der Waals surface area contributed by atoms with Crippen LogP contribution in [0.4, 0.5) is 0 Å². The smallest absolute Gasteiger partial charge is 0.0417 e. The largest absolute Gasteiger partial charge is 0.0654 e. The van der Waals surface area contributed by atoms with Crippen molar-refractivity contribution in [2.45, 2.75) is 111 Å². The molecule has 0 saturated carbocycles. The van der Waals surface area contributed by atoms with Gasteiger partial charge in [0.2, 0.25) is 0 Å². The van der Waals surface area contributed by atoms with Crippen LogP contribution in [0.5, 0.6) is 0 Å². The van der Waals surface area contributed by atoms with Crippen LogP contribution in [0, 0.1) is 11.8 Å². The Bertz CT molecular complexity index is 161. The van der Waals surface area contributed by atoms with Crippen LogP contribution >= 0.6 is 0 Å². The van der Waals surface area contributed by atoms with E-state index in [4.69, 9.17) is 0 Å². The lowest BCUT2D eigenvalue weighted by Gasteiger charge is -2.16. The summed E-state index contributed by atoms with van der Waals surface area (Å²) in [4.78, 5) is 0. The van der Waals surface area contributed by atoms with Crippen LogP contribution in [0.25, 0.3) is 0 Å². The average Bonchev–Trinajstić information content (AvgIpc) is 2.41. The fourth-order valence-corrected chi connectivity index (χ4v) is 3.05. The second-order valence-electron chi connectivity index (χ2n) is 6.66. The van der Waals surface area contributed by atoms with Gasteiger partial charge in [-0.25, -0.2) is 0 Å². The van der Waals surface area contributed by atoms with Gasteiger partial charge in [0.15, 0.2) is 0 Å². The first kappa shape index (κ1) is 19.0. The molecule has 0 rings (SSSR count). The van der Waals surface area contributed by atoms with Crippen LogP contribution in [-0.2, 0) is 0 Å². The molecular formula is C19H40. The molecular weight excluding hydrogens is 228 g/mol. The van der Waals surface area contributed by atoms with E-state index in [1.165, 1.54) is 83.5 Å². The zero-order valence-electron chi connectivity index (χ0n) is 14.3. The first-order chi connectivity index (χ1) is 9.24. The minimum absolute atomic E-state index is 0.962. The van der Waals surface area contributed by atoms with Crippen molar-refractivity contribution in [3.8, 4) is 0 Å². The van der Waals surface area contributed by atoms with Crippen LogP contribution in [0.1, 0.15) is 111 Å². The van der Waals surface area contributed by atoms with Gasteiger partial charge < -0.3 is 0 Å². The van der Waals surface area contributed by atoms with Crippen LogP contribution in [-0.4, -0.2) is 0 Å². The molecule has 2 atom stereocenters. The standard InChI is InChI=1S/C19H40/c1-5-8-10-12-16-19(7-3)17-13-15-18(4)14-11-9-6-2/h18-19H,5-17H2,1-4H3. The van der Waals surface area contributed by atoms with E-state index in [2.05, 4.69) is 27.7 Å². The van der Waals surface area contributed by atoms with E-state index in [0.717, 1.165) is 11.8 Å². The van der Waals surface area contributed by atoms with E-state index in [0.29, 0.717) is 0 Å². The second-order valence-corrected chi connectivity index (χ2v) is 6.66. The molecule has 116 valence electrons. The molecule has 0 heteroatoms. The van der Waals surface area contributed by atoms with E-state index in [-0.39, 0.29) is 0 Å². The average molecular weight is 269 g/mol. The van der Waals surface area contributed by atoms with Crippen molar-refractivity contribution < 1.29 is 0 Å². The maximum atomic E-state index is 2.46. The van der Waals surface area contributed by atoms with Gasteiger partial charge >= 0.3 is 0 Å². The summed E-state index contributed by atoms with van der Waals surface area (Å²) in [5.41, 5.74) is 0. The number of hydrogen-bond acceptors (Lipinski definition) is 0. The Hall–Kier alpha value is 0. The molecule has 0 spiro atoms. The third-order valence-corrected chi connectivity index (χ3v) is 4.65. The molecule has 0 amide bonds. The highest BCUT2D eigenvalue weighted by Gasteiger charge is 2.08. The minimum Gasteiger partial charge on any atom is -0.0654 e. The van der Waals surface area contributed by atoms with E-state index < -0.39 is 0 Å². The fourth-order valence-electron chi connectivity index (χ4n) is 3.05. The molecule has 0 aromatic carbocycles. The summed E-state index contributed by atoms with van der Waals surface area (Å²) < 4.78 is 0. The summed E-state index contributed by atoms with van der Waals surface area (Å²) in [5, 5.41) is 0. The Labute approximate surface area is 123 Å². The molecule has 0 bridgehead atoms. The van der Waals surface area contributed by atoms with E-state index in [1.807, 2.05) is 0 Å². The third kappa shape index (κ3) is 12.8. The van der Waals surface area contributed by atoms with Gasteiger partial charge in [-0.1, -0.05) is 111 Å². The van der Waals surface area contributed by atoms with E-state index in [9.17, 15) is 0 Å². The van der Waals surface area contributed by atoms with Crippen molar-refractivity contribution in [2.24, 2.45) is 11.8 Å². The van der Waals surface area contributed by atoms with Gasteiger partial charge in [-0.2, -0.15) is 0 Å². The predicted octanol–water partition coefficient (Wildman–Crippen LogP) is 7.37. The maximum absolute atomic E-state index is 2.46. The van der Waals surface area contributed by atoms with Crippen molar-refractivity contribution in [3.05, 3.63) is 0 Å². The SMILES string of the molecule is CCCCCCC(CC)CCCC(C)CCCCC. The lowest BCUT2D eigenvalue weighted by Crippen LogP contribution is -2.01. The van der Waals surface area contributed by atoms with Crippen LogP contribution in [0.15, 0.2) is 0 Å². The molecule has 0 nitrogen and oxygen atoms in total. The predicted molar refractivity (Wildman–Crippen MR) is 89.7 cm³/mol. The Balaban J connectivity index is 3.48. The van der Waals surface area contributed by atoms with Crippen molar-refractivity contribution in [1.29, 1.82) is 0 Å². The van der Waals surface area contributed by atoms with Gasteiger partial charge in [0.1, 0.15) is 0 Å². The summed E-state index contributed by atoms with van der Waals surface area (Å²) in [7, 11) is 0. The lowest BCUT2D eigenvalue weighted by atomic mass is 9.90. The van der Waals surface area contributed by atoms with Crippen molar-refractivity contribution in [2.75, 3.05) is 0 Å². The van der Waals surface area contributed by atoms with Gasteiger partial charge in [0.25, 0.3) is 0 Å². The van der Waals surface area contributed by atoms with E-state index in [1.54, 1.807) is 0 Å².